The lowest BCUT2D eigenvalue weighted by Crippen LogP contribution is -2.33. The van der Waals surface area contributed by atoms with Crippen LogP contribution in [0.1, 0.15) is 40.5 Å². The van der Waals surface area contributed by atoms with E-state index in [0.717, 1.165) is 18.4 Å². The molecule has 12 heteroatoms. The van der Waals surface area contributed by atoms with Gasteiger partial charge in [0.15, 0.2) is 0 Å². The molecule has 0 spiro atoms. The molecule has 0 aliphatic carbocycles. The Morgan fingerprint density at radius 3 is 2.79 bits per heavy atom. The number of carbonyl (C=O) groups excluding carboxylic acids is 1. The van der Waals surface area contributed by atoms with Gasteiger partial charge in [0, 0.05) is 48.8 Å². The largest absolute Gasteiger partial charge is 0.381 e. The molecule has 182 valence electrons. The van der Waals surface area contributed by atoms with E-state index in [1.165, 1.54) is 18.5 Å². The van der Waals surface area contributed by atoms with Crippen LogP contribution >= 0.6 is 24.0 Å². The van der Waals surface area contributed by atoms with Gasteiger partial charge in [-0.3, -0.25) is 9.36 Å². The number of anilines is 1. The third-order valence-electron chi connectivity index (χ3n) is 5.39. The second-order valence-electron chi connectivity index (χ2n) is 7.86. The molecule has 0 radical (unpaired) electrons. The third-order valence-corrected chi connectivity index (χ3v) is 5.61. The number of hydrogen-bond donors (Lipinski definition) is 3. The first kappa shape index (κ1) is 25.8. The molecular weight excluding hydrogens is 484 g/mol. The molecule has 2 aromatic heterocycles. The van der Waals surface area contributed by atoms with Crippen molar-refractivity contribution < 1.29 is 13.9 Å². The fourth-order valence-corrected chi connectivity index (χ4v) is 3.86. The second kappa shape index (κ2) is 11.6. The monoisotopic (exact) mass is 509 g/mol. The Morgan fingerprint density at radius 1 is 1.32 bits per heavy atom. The molecule has 1 atom stereocenters. The van der Waals surface area contributed by atoms with E-state index in [4.69, 9.17) is 22.1 Å². The minimum absolute atomic E-state index is 0. The molecule has 0 unspecified atom stereocenters. The number of aryl methyl sites for hydroxylation is 1. The zero-order valence-electron chi connectivity index (χ0n) is 18.5. The van der Waals surface area contributed by atoms with Crippen LogP contribution in [0.4, 0.5) is 10.3 Å². The number of hydrogen-bond acceptors (Lipinski definition) is 7. The van der Waals surface area contributed by atoms with Gasteiger partial charge in [0.1, 0.15) is 23.7 Å². The number of amides is 1. The molecule has 1 aromatic carbocycles. The molecular formula is C22H26Cl2FN7O2. The first-order valence-electron chi connectivity index (χ1n) is 10.6. The Hall–Kier alpha value is -2.79. The lowest BCUT2D eigenvalue weighted by atomic mass is 10.1. The van der Waals surface area contributed by atoms with Crippen molar-refractivity contribution in [2.24, 2.45) is 5.73 Å². The Labute approximate surface area is 207 Å². The number of carbonyl (C=O) groups is 1. The van der Waals surface area contributed by atoms with Crippen LogP contribution in [-0.2, 0) is 4.74 Å². The number of nitrogens with one attached hydrogen (secondary N) is 2. The molecule has 4 rings (SSSR count). The van der Waals surface area contributed by atoms with Crippen molar-refractivity contribution in [2.75, 3.05) is 25.1 Å². The van der Waals surface area contributed by atoms with Crippen molar-refractivity contribution in [3.05, 3.63) is 64.6 Å². The third kappa shape index (κ3) is 6.20. The fourth-order valence-electron chi connectivity index (χ4n) is 3.63. The van der Waals surface area contributed by atoms with Gasteiger partial charge in [-0.25, -0.2) is 14.4 Å². The Kier molecular flexibility index (Phi) is 8.78. The predicted molar refractivity (Wildman–Crippen MR) is 129 cm³/mol. The highest BCUT2D eigenvalue weighted by Gasteiger charge is 2.19. The lowest BCUT2D eigenvalue weighted by molar-refractivity contribution is 0.0903. The van der Waals surface area contributed by atoms with Gasteiger partial charge < -0.3 is 21.1 Å². The van der Waals surface area contributed by atoms with Crippen molar-refractivity contribution in [3.8, 4) is 5.82 Å². The maximum atomic E-state index is 13.7. The molecule has 4 N–H and O–H groups in total. The maximum Gasteiger partial charge on any atom is 0.272 e. The highest BCUT2D eigenvalue weighted by molar-refractivity contribution is 6.30. The molecule has 1 aliphatic rings. The van der Waals surface area contributed by atoms with Crippen LogP contribution in [-0.4, -0.2) is 51.2 Å². The topological polar surface area (TPSA) is 120 Å². The Morgan fingerprint density at radius 2 is 2.09 bits per heavy atom. The number of nitrogens with two attached hydrogens (primary N) is 1. The quantitative estimate of drug-likeness (QED) is 0.447. The predicted octanol–water partition coefficient (Wildman–Crippen LogP) is 3.21. The summed E-state index contributed by atoms with van der Waals surface area (Å²) in [5, 5.41) is 6.34. The molecule has 34 heavy (non-hydrogen) atoms. The number of halogens is 3. The summed E-state index contributed by atoms with van der Waals surface area (Å²) in [4.78, 5) is 26.0. The highest BCUT2D eigenvalue weighted by Crippen LogP contribution is 2.20. The number of benzene rings is 1. The van der Waals surface area contributed by atoms with Crippen LogP contribution in [0.2, 0.25) is 5.02 Å². The second-order valence-corrected chi connectivity index (χ2v) is 8.30. The van der Waals surface area contributed by atoms with Gasteiger partial charge in [-0.05, 0) is 43.5 Å². The van der Waals surface area contributed by atoms with Gasteiger partial charge in [0.25, 0.3) is 5.91 Å². The molecule has 1 amide bonds. The molecule has 1 fully saturated rings. The molecule has 0 bridgehead atoms. The van der Waals surface area contributed by atoms with Crippen LogP contribution in [0.5, 0.6) is 0 Å². The number of imidazole rings is 1. The Balaban J connectivity index is 0.00000324. The van der Waals surface area contributed by atoms with Crippen molar-refractivity contribution in [3.63, 3.8) is 0 Å². The molecule has 1 aliphatic heterocycles. The van der Waals surface area contributed by atoms with Crippen LogP contribution in [0, 0.1) is 12.7 Å². The summed E-state index contributed by atoms with van der Waals surface area (Å²) in [5.41, 5.74) is 7.28. The average Bonchev–Trinajstić information content (AvgIpc) is 3.29. The van der Waals surface area contributed by atoms with Crippen molar-refractivity contribution >= 4 is 35.9 Å². The zero-order valence-corrected chi connectivity index (χ0v) is 20.1. The Bertz CT molecular complexity index is 1120. The number of nitrogens with zero attached hydrogens (tertiary/aromatic N) is 4. The van der Waals surface area contributed by atoms with E-state index in [2.05, 4.69) is 25.6 Å². The van der Waals surface area contributed by atoms with Gasteiger partial charge in [-0.15, -0.1) is 12.4 Å². The van der Waals surface area contributed by atoms with E-state index in [9.17, 15) is 9.18 Å². The van der Waals surface area contributed by atoms with E-state index in [-0.39, 0.29) is 35.7 Å². The van der Waals surface area contributed by atoms with Gasteiger partial charge in [0.05, 0.1) is 6.04 Å². The van der Waals surface area contributed by atoms with Crippen LogP contribution in [0.25, 0.3) is 5.82 Å². The highest BCUT2D eigenvalue weighted by atomic mass is 35.5. The summed E-state index contributed by atoms with van der Waals surface area (Å²) in [7, 11) is 0. The summed E-state index contributed by atoms with van der Waals surface area (Å²) in [6, 6.07) is 3.68. The molecule has 3 heterocycles. The van der Waals surface area contributed by atoms with Crippen molar-refractivity contribution in [1.29, 1.82) is 0 Å². The molecule has 9 nitrogen and oxygen atoms in total. The molecule has 1 saturated heterocycles. The van der Waals surface area contributed by atoms with E-state index < -0.39 is 17.8 Å². The minimum Gasteiger partial charge on any atom is -0.381 e. The van der Waals surface area contributed by atoms with Gasteiger partial charge in [-0.1, -0.05) is 11.6 Å². The maximum absolute atomic E-state index is 13.7. The number of rotatable bonds is 7. The van der Waals surface area contributed by atoms with E-state index >= 15 is 0 Å². The summed E-state index contributed by atoms with van der Waals surface area (Å²) in [6.45, 7) is 3.37. The summed E-state index contributed by atoms with van der Waals surface area (Å²) in [5.74, 6) is 0.169. The summed E-state index contributed by atoms with van der Waals surface area (Å²) in [6.07, 6.45) is 6.59. The zero-order chi connectivity index (χ0) is 23.4. The fraction of sp³-hybridized carbons (Fsp3) is 0.364. The van der Waals surface area contributed by atoms with Crippen molar-refractivity contribution in [1.82, 2.24) is 24.8 Å². The van der Waals surface area contributed by atoms with Crippen LogP contribution in [0.15, 0.2) is 36.9 Å². The molecule has 3 aromatic rings. The van der Waals surface area contributed by atoms with E-state index in [1.807, 2.05) is 6.92 Å². The van der Waals surface area contributed by atoms with E-state index in [1.54, 1.807) is 23.0 Å². The van der Waals surface area contributed by atoms with Gasteiger partial charge in [-0.2, -0.15) is 4.98 Å². The van der Waals surface area contributed by atoms with Gasteiger partial charge in [0.2, 0.25) is 5.95 Å². The first-order valence-corrected chi connectivity index (χ1v) is 11.0. The standard InChI is InChI=1S/C22H25ClFN7O2.ClH/c1-13-10-26-22(28-17-2-4-33-5-3-17)30-20(13)31-11-19(27-12-31)21(32)29-18(9-25)14-6-15(23)8-16(24)7-14;/h6-8,10-12,17-18H,2-5,9,25H2,1H3,(H,29,32)(H,26,28,30);1H/t18-;/m1./s1. The van der Waals surface area contributed by atoms with Crippen molar-refractivity contribution in [2.45, 2.75) is 31.8 Å². The molecule has 0 saturated carbocycles. The van der Waals surface area contributed by atoms with Crippen LogP contribution < -0.4 is 16.4 Å². The average molecular weight is 510 g/mol. The lowest BCUT2D eigenvalue weighted by Gasteiger charge is -2.23. The summed E-state index contributed by atoms with van der Waals surface area (Å²) < 4.78 is 20.8. The summed E-state index contributed by atoms with van der Waals surface area (Å²) >= 11 is 5.93. The number of ether oxygens (including phenoxy) is 1. The minimum atomic E-state index is -0.619. The smallest absolute Gasteiger partial charge is 0.272 e. The van der Waals surface area contributed by atoms with Crippen LogP contribution in [0.3, 0.4) is 0 Å². The number of aromatic nitrogens is 4. The van der Waals surface area contributed by atoms with E-state index in [0.29, 0.717) is 30.5 Å². The normalized spacial score (nSPS) is 14.8. The van der Waals surface area contributed by atoms with Gasteiger partial charge >= 0.3 is 0 Å². The SMILES string of the molecule is Cc1cnc(NC2CCOCC2)nc1-n1cnc(C(=O)N[C@H](CN)c2cc(F)cc(Cl)c2)c1.Cl. The first-order chi connectivity index (χ1) is 15.9.